The lowest BCUT2D eigenvalue weighted by atomic mass is 9.78. The Morgan fingerprint density at radius 3 is 2.06 bits per heavy atom. The molecule has 15 atom stereocenters. The molecule has 3 fully saturated rings. The van der Waals surface area contributed by atoms with Crippen molar-refractivity contribution in [2.75, 3.05) is 86.8 Å². The lowest BCUT2D eigenvalue weighted by Gasteiger charge is -2.43. The highest BCUT2D eigenvalue weighted by Gasteiger charge is 2.53. The predicted octanol–water partition coefficient (Wildman–Crippen LogP) is 5.61. The third-order valence-corrected chi connectivity index (χ3v) is 16.1. The van der Waals surface area contributed by atoms with Crippen molar-refractivity contribution in [3.8, 4) is 0 Å². The fraction of sp³-hybridized carbons (Fsp3) is 0.783. The van der Waals surface area contributed by atoms with Crippen LogP contribution in [0.2, 0.25) is 0 Å². The fourth-order valence-corrected chi connectivity index (χ4v) is 11.1. The Hall–Kier alpha value is -3.57. The second-order valence-electron chi connectivity index (χ2n) is 22.4. The molecule has 79 heavy (non-hydrogen) atoms. The van der Waals surface area contributed by atoms with Gasteiger partial charge in [0, 0.05) is 51.4 Å². The zero-order valence-electron chi connectivity index (χ0n) is 48.8. The predicted molar refractivity (Wildman–Crippen MR) is 294 cm³/mol. The average molecular weight is 1120 g/mol. The first-order chi connectivity index (χ1) is 37.7. The van der Waals surface area contributed by atoms with Gasteiger partial charge < -0.3 is 68.0 Å². The van der Waals surface area contributed by atoms with Gasteiger partial charge in [-0.15, -0.1) is 0 Å². The number of ketones is 3. The highest BCUT2D eigenvalue weighted by molar-refractivity contribution is 6.39. The number of piperidine rings is 1. The van der Waals surface area contributed by atoms with Crippen molar-refractivity contribution in [2.24, 2.45) is 35.5 Å². The van der Waals surface area contributed by atoms with Crippen LogP contribution in [0.1, 0.15) is 126 Å². The van der Waals surface area contributed by atoms with Crippen molar-refractivity contribution in [2.45, 2.75) is 180 Å². The van der Waals surface area contributed by atoms with Crippen molar-refractivity contribution in [3.63, 3.8) is 0 Å². The number of Topliss-reactive ketones (excluding diaryl/α,β-unsaturated/α-hetero) is 3. The number of fused-ring (bicyclic) bond motifs is 3. The molecule has 0 aromatic carbocycles. The smallest absolute Gasteiger partial charge is 0.329 e. The molecule has 0 unspecified atom stereocenters. The third-order valence-electron chi connectivity index (χ3n) is 16.1. The lowest BCUT2D eigenvalue weighted by Crippen LogP contribution is -2.61. The van der Waals surface area contributed by atoms with Gasteiger partial charge in [-0.3, -0.25) is 19.2 Å². The number of esters is 1. The average Bonchev–Trinajstić information content (AvgIpc) is 3.46. The standard InChI is InChI=1S/C60H97NO18/c1-39-15-11-10-12-16-40(2)51(77-32-31-76-30-29-75-28-27-74-26-25-73-24-23-62)37-47-20-18-45(7)60(70,79-47)57(67)58(68)61-22-14-13-17-48(61)59(69)78-52(42(4)35-46-19-21-49(63)53(36-46)71-8)38-50(64)41(3)34-44(6)55(66)56(72-9)54(65)43(5)33-39/h10-12,15-16,34,39,41-43,45-49,51-53,55-56,62-63,66,70H,13-14,17-33,35-38H2,1-9H3/b12-10+,15-11+,40-16+,44-34+/t39-,41-,42-,43-,45-,46+,47+,48+,49-,51-,52+,53-,55-,56+,60-/m1/s1. The molecule has 0 spiro atoms. The van der Waals surface area contributed by atoms with Crippen molar-refractivity contribution in [1.29, 1.82) is 0 Å². The summed E-state index contributed by atoms with van der Waals surface area (Å²) in [6.07, 6.45) is 10.4. The van der Waals surface area contributed by atoms with E-state index in [1.807, 2.05) is 51.2 Å². The summed E-state index contributed by atoms with van der Waals surface area (Å²) in [5.74, 6) is -8.37. The van der Waals surface area contributed by atoms with Crippen molar-refractivity contribution in [1.82, 2.24) is 4.90 Å². The Kier molecular flexibility index (Phi) is 30.5. The van der Waals surface area contributed by atoms with E-state index in [4.69, 9.17) is 47.7 Å². The number of cyclic esters (lactones) is 1. The number of aliphatic hydroxyl groups is 4. The first-order valence-electron chi connectivity index (χ1n) is 28.9. The number of carbonyl (C=O) groups excluding carboxylic acids is 5. The van der Waals surface area contributed by atoms with E-state index < -0.39 is 83.9 Å². The number of ether oxygens (including phenoxy) is 9. The van der Waals surface area contributed by atoms with Crippen molar-refractivity contribution in [3.05, 3.63) is 47.6 Å². The normalized spacial score (nSPS) is 35.4. The van der Waals surface area contributed by atoms with Crippen LogP contribution in [0.25, 0.3) is 0 Å². The number of rotatable bonds is 20. The van der Waals surface area contributed by atoms with E-state index in [-0.39, 0.29) is 87.7 Å². The van der Waals surface area contributed by atoms with Gasteiger partial charge in [-0.1, -0.05) is 71.1 Å². The quantitative estimate of drug-likeness (QED) is 0.0500. The molecule has 1 saturated carbocycles. The maximum atomic E-state index is 14.5. The number of nitrogens with zero attached hydrogens (tertiary/aromatic N) is 1. The van der Waals surface area contributed by atoms with Crippen molar-refractivity contribution >= 4 is 29.2 Å². The summed E-state index contributed by atoms with van der Waals surface area (Å²) < 4.78 is 52.2. The molecular formula is C60H97NO18. The number of methoxy groups -OCH3 is 2. The number of amides is 1. The van der Waals surface area contributed by atoms with E-state index in [1.54, 1.807) is 40.9 Å². The van der Waals surface area contributed by atoms with Crippen LogP contribution >= 0.6 is 0 Å². The monoisotopic (exact) mass is 1120 g/mol. The van der Waals surface area contributed by atoms with E-state index in [9.17, 15) is 39.3 Å². The molecule has 19 heteroatoms. The minimum atomic E-state index is -2.50. The van der Waals surface area contributed by atoms with Crippen LogP contribution in [0.3, 0.4) is 0 Å². The fourth-order valence-electron chi connectivity index (χ4n) is 11.1. The molecule has 1 amide bonds. The topological polar surface area (TPSA) is 253 Å². The molecule has 3 heterocycles. The first kappa shape index (κ1) is 67.9. The van der Waals surface area contributed by atoms with Gasteiger partial charge in [0.05, 0.1) is 90.5 Å². The van der Waals surface area contributed by atoms with Gasteiger partial charge in [0.1, 0.15) is 30.1 Å². The summed E-state index contributed by atoms with van der Waals surface area (Å²) in [5, 5.41) is 43.1. The van der Waals surface area contributed by atoms with Crippen LogP contribution in [-0.4, -0.2) is 196 Å². The van der Waals surface area contributed by atoms with Gasteiger partial charge in [0.2, 0.25) is 5.79 Å². The first-order valence-corrected chi connectivity index (χ1v) is 28.9. The maximum absolute atomic E-state index is 14.5. The van der Waals surface area contributed by atoms with Gasteiger partial charge in [-0.25, -0.2) is 4.79 Å². The zero-order valence-corrected chi connectivity index (χ0v) is 48.8. The van der Waals surface area contributed by atoms with Gasteiger partial charge in [0.15, 0.2) is 5.78 Å². The highest BCUT2D eigenvalue weighted by atomic mass is 16.6. The number of aliphatic hydroxyl groups excluding tert-OH is 3. The Morgan fingerprint density at radius 2 is 1.42 bits per heavy atom. The van der Waals surface area contributed by atoms with E-state index in [0.29, 0.717) is 103 Å². The second-order valence-corrected chi connectivity index (χ2v) is 22.4. The van der Waals surface area contributed by atoms with Crippen LogP contribution in [0, 0.1) is 35.5 Å². The number of carbonyl (C=O) groups is 5. The van der Waals surface area contributed by atoms with E-state index >= 15 is 0 Å². The Bertz CT molecular complexity index is 2010. The minimum Gasteiger partial charge on any atom is -0.460 e. The zero-order chi connectivity index (χ0) is 58.1. The maximum Gasteiger partial charge on any atom is 0.329 e. The molecule has 0 aromatic rings. The summed E-state index contributed by atoms with van der Waals surface area (Å²) in [6, 6.07) is -1.18. The van der Waals surface area contributed by atoms with Gasteiger partial charge in [0.25, 0.3) is 11.7 Å². The van der Waals surface area contributed by atoms with Crippen LogP contribution in [-0.2, 0) is 66.6 Å². The van der Waals surface area contributed by atoms with Gasteiger partial charge >= 0.3 is 5.97 Å². The molecule has 0 radical (unpaired) electrons. The summed E-state index contributed by atoms with van der Waals surface area (Å²) in [7, 11) is 2.93. The molecule has 1 aliphatic carbocycles. The van der Waals surface area contributed by atoms with E-state index in [1.165, 1.54) is 12.0 Å². The molecule has 0 aromatic heterocycles. The third kappa shape index (κ3) is 21.6. The number of hydrogen-bond acceptors (Lipinski definition) is 18. The minimum absolute atomic E-state index is 0.0260. The summed E-state index contributed by atoms with van der Waals surface area (Å²) in [4.78, 5) is 72.8. The van der Waals surface area contributed by atoms with E-state index in [2.05, 4.69) is 0 Å². The largest absolute Gasteiger partial charge is 0.460 e. The molecule has 19 nitrogen and oxygen atoms in total. The highest BCUT2D eigenvalue weighted by Crippen LogP contribution is 2.38. The second kappa shape index (κ2) is 35.4. The lowest BCUT2D eigenvalue weighted by molar-refractivity contribution is -0.266. The summed E-state index contributed by atoms with van der Waals surface area (Å²) in [6.45, 7) is 15.5. The van der Waals surface area contributed by atoms with E-state index in [0.717, 1.165) is 5.57 Å². The molecule has 2 bridgehead atoms. The van der Waals surface area contributed by atoms with Crippen LogP contribution in [0.15, 0.2) is 47.6 Å². The SMILES string of the molecule is CO[C@@H]1C[C@H](C[C@@H](C)[C@@H]2CC(=O)[C@H](C)/C=C(\C)[C@@H](O)[C@@H](OC)C(=O)[C@H](C)C[C@H](C)/C=C/C=C/C=C(\C)[C@H](OCCOCCOCCOCCOCCO)C[C@@H]3CC[C@@H](C)[C@@](O)(O3)C(=O)C(=O)N3CCCC[C@H]3C(=O)O2)CC[C@H]1O. The molecule has 4 rings (SSSR count). The molecule has 4 N–H and O–H groups in total. The molecule has 450 valence electrons. The van der Waals surface area contributed by atoms with Crippen LogP contribution < -0.4 is 0 Å². The number of hydrogen-bond donors (Lipinski definition) is 4. The van der Waals surface area contributed by atoms with Crippen LogP contribution in [0.4, 0.5) is 0 Å². The number of allylic oxidation sites excluding steroid dienone is 6. The molecule has 3 aliphatic heterocycles. The Labute approximate surface area is 469 Å². The van der Waals surface area contributed by atoms with Gasteiger partial charge in [-0.2, -0.15) is 0 Å². The van der Waals surface area contributed by atoms with Gasteiger partial charge in [-0.05, 0) is 107 Å². The van der Waals surface area contributed by atoms with Crippen molar-refractivity contribution < 1.29 is 87.0 Å². The van der Waals surface area contributed by atoms with Crippen LogP contribution in [0.5, 0.6) is 0 Å². The summed E-state index contributed by atoms with van der Waals surface area (Å²) >= 11 is 0. The molecule has 2 saturated heterocycles. The Balaban J connectivity index is 1.61. The Morgan fingerprint density at radius 1 is 0.759 bits per heavy atom. The molecular weight excluding hydrogens is 1020 g/mol. The molecule has 4 aliphatic rings. The summed E-state index contributed by atoms with van der Waals surface area (Å²) in [5.41, 5.74) is 1.19.